The van der Waals surface area contributed by atoms with Crippen molar-refractivity contribution in [2.75, 3.05) is 141 Å². The highest BCUT2D eigenvalue weighted by molar-refractivity contribution is 5.93. The van der Waals surface area contributed by atoms with Crippen molar-refractivity contribution in [1.82, 2.24) is 68.5 Å². The molecule has 0 bridgehead atoms. The number of methoxy groups -OCH3 is 2. The number of aromatic nitrogens is 12. The Morgan fingerprint density at radius 1 is 0.511 bits per heavy atom. The molecule has 2 saturated heterocycles. The number of carbonyl (C=O) groups excluding carboxylic acids is 2. The third-order valence-corrected chi connectivity index (χ3v) is 15.9. The molecule has 0 aliphatic carbocycles. The van der Waals surface area contributed by atoms with Crippen molar-refractivity contribution in [1.29, 1.82) is 0 Å². The van der Waals surface area contributed by atoms with E-state index in [4.69, 9.17) is 48.7 Å². The first-order valence-corrected chi connectivity index (χ1v) is 30.7. The van der Waals surface area contributed by atoms with Crippen LogP contribution in [0.15, 0.2) is 107 Å². The summed E-state index contributed by atoms with van der Waals surface area (Å²) < 4.78 is 49.7. The van der Waals surface area contributed by atoms with Crippen LogP contribution in [0.2, 0.25) is 0 Å². The number of hydrogen-bond acceptors (Lipinski definition) is 22. The number of hydrogen-bond donors (Lipinski definition) is 2. The van der Waals surface area contributed by atoms with E-state index in [0.29, 0.717) is 148 Å². The number of anilines is 4. The zero-order chi connectivity index (χ0) is 62.3. The fraction of sp³-hybridized carbons (Fsp3) is 0.452. The number of ether oxygens (including phenoxy) is 6. The van der Waals surface area contributed by atoms with E-state index in [1.54, 1.807) is 72.8 Å². The molecule has 0 radical (unpaired) electrons. The predicted octanol–water partition coefficient (Wildman–Crippen LogP) is 6.88. The molecule has 0 saturated carbocycles. The lowest BCUT2D eigenvalue weighted by molar-refractivity contribution is -0.136. The van der Waals surface area contributed by atoms with Gasteiger partial charge < -0.3 is 68.3 Å². The highest BCUT2D eigenvalue weighted by atomic mass is 16.5. The number of rotatable bonds is 28. The van der Waals surface area contributed by atoms with E-state index < -0.39 is 12.1 Å². The highest BCUT2D eigenvalue weighted by Crippen LogP contribution is 2.32. The summed E-state index contributed by atoms with van der Waals surface area (Å²) in [5, 5.41) is 19.6. The molecule has 4 N–H and O–H groups in total. The molecule has 10 aromatic rings. The van der Waals surface area contributed by atoms with Crippen molar-refractivity contribution >= 4 is 68.4 Å². The predicted molar refractivity (Wildman–Crippen MR) is 336 cm³/mol. The van der Waals surface area contributed by atoms with Gasteiger partial charge in [-0.15, -0.1) is 10.2 Å². The zero-order valence-electron chi connectivity index (χ0n) is 51.3. The number of piperazine rings is 2. The molecule has 2 aliphatic rings. The van der Waals surface area contributed by atoms with Crippen molar-refractivity contribution < 1.29 is 46.8 Å². The molecule has 476 valence electrons. The Morgan fingerprint density at radius 2 is 0.911 bits per heavy atom. The van der Waals surface area contributed by atoms with Crippen LogP contribution >= 0.6 is 0 Å². The summed E-state index contributed by atoms with van der Waals surface area (Å²) in [7, 11) is 3.30. The van der Waals surface area contributed by atoms with Crippen LogP contribution in [-0.4, -0.2) is 200 Å². The Balaban J connectivity index is 0.000000185. The summed E-state index contributed by atoms with van der Waals surface area (Å²) in [6.45, 7) is 13.8. The maximum Gasteiger partial charge on any atom is 0.247 e. The summed E-state index contributed by atoms with van der Waals surface area (Å²) in [6.07, 6.45) is 11.4. The fourth-order valence-corrected chi connectivity index (χ4v) is 11.0. The number of nitrogens with zero attached hydrogens (tertiary/aromatic N) is 16. The molecular formula is C62H78N18O10. The minimum atomic E-state index is -0.509. The first-order chi connectivity index (χ1) is 44.1. The molecule has 12 rings (SSSR count). The van der Waals surface area contributed by atoms with Gasteiger partial charge in [0.2, 0.25) is 35.4 Å². The zero-order valence-corrected chi connectivity index (χ0v) is 51.3. The van der Waals surface area contributed by atoms with Crippen molar-refractivity contribution in [2.45, 2.75) is 64.5 Å². The normalized spacial score (nSPS) is 14.4. The van der Waals surface area contributed by atoms with E-state index in [1.165, 1.54) is 9.03 Å². The van der Waals surface area contributed by atoms with E-state index >= 15 is 0 Å². The van der Waals surface area contributed by atoms with E-state index in [2.05, 4.69) is 88.2 Å². The lowest BCUT2D eigenvalue weighted by Gasteiger charge is -2.37. The summed E-state index contributed by atoms with van der Waals surface area (Å²) in [6, 6.07) is 22.2. The molecule has 2 atom stereocenters. The SMILES string of the molecule is CCCC[C@@H](C(=O)N1CCN(c2ccc(OCCOCCOC)cc2)CC1)n1ncc2c1nc(N)n1nc(-c3ccco3)nc21.CCCC[C@H](C(=O)N1CCN(c2ccc(OCCOCCOC)cc2)CC1)n1ncc2c1nc(N)n1nc(-c3ccco3)nc21. The first-order valence-electron chi connectivity index (χ1n) is 30.7. The number of nitrogen functional groups attached to an aromatic ring is 2. The van der Waals surface area contributed by atoms with Crippen LogP contribution in [0, 0.1) is 0 Å². The van der Waals surface area contributed by atoms with Gasteiger partial charge in [0.25, 0.3) is 0 Å². The third-order valence-electron chi connectivity index (χ3n) is 15.9. The smallest absolute Gasteiger partial charge is 0.247 e. The van der Waals surface area contributed by atoms with Gasteiger partial charge in [-0.25, -0.2) is 19.3 Å². The quantitative estimate of drug-likeness (QED) is 0.0472. The number of furan rings is 2. The molecule has 2 amide bonds. The van der Waals surface area contributed by atoms with Gasteiger partial charge in [0.1, 0.15) is 36.8 Å². The minimum Gasteiger partial charge on any atom is -0.491 e. The lowest BCUT2D eigenvalue weighted by Crippen LogP contribution is -2.50. The molecule has 0 unspecified atom stereocenters. The van der Waals surface area contributed by atoms with Crippen LogP contribution in [-0.2, 0) is 28.5 Å². The van der Waals surface area contributed by atoms with Gasteiger partial charge in [0.15, 0.2) is 34.1 Å². The van der Waals surface area contributed by atoms with Gasteiger partial charge in [0, 0.05) is 78.0 Å². The summed E-state index contributed by atoms with van der Waals surface area (Å²) >= 11 is 0. The van der Waals surface area contributed by atoms with Crippen LogP contribution < -0.4 is 30.7 Å². The van der Waals surface area contributed by atoms with Crippen LogP contribution in [0.4, 0.5) is 23.3 Å². The Kier molecular flexibility index (Phi) is 20.6. The summed E-state index contributed by atoms with van der Waals surface area (Å²) in [5.41, 5.74) is 16.9. The molecule has 10 heterocycles. The monoisotopic (exact) mass is 1230 g/mol. The van der Waals surface area contributed by atoms with E-state index in [9.17, 15) is 9.59 Å². The summed E-state index contributed by atoms with van der Waals surface area (Å²) in [4.78, 5) is 55.0. The van der Waals surface area contributed by atoms with Crippen LogP contribution in [0.25, 0.3) is 56.5 Å². The van der Waals surface area contributed by atoms with Gasteiger partial charge in [0.05, 0.1) is 75.3 Å². The average molecular weight is 1240 g/mol. The molecule has 2 aliphatic heterocycles. The van der Waals surface area contributed by atoms with Crippen molar-refractivity contribution in [3.05, 3.63) is 97.7 Å². The Morgan fingerprint density at radius 3 is 1.28 bits per heavy atom. The lowest BCUT2D eigenvalue weighted by atomic mass is 10.1. The average Bonchev–Trinajstić information content (AvgIpc) is 1.75. The number of amides is 2. The Hall–Kier alpha value is -9.38. The van der Waals surface area contributed by atoms with E-state index in [-0.39, 0.29) is 23.7 Å². The van der Waals surface area contributed by atoms with Gasteiger partial charge in [-0.2, -0.15) is 29.2 Å². The topological polar surface area (TPSA) is 303 Å². The molecule has 28 nitrogen and oxygen atoms in total. The number of carbonyl (C=O) groups is 2. The molecular weight excluding hydrogens is 1160 g/mol. The van der Waals surface area contributed by atoms with Gasteiger partial charge in [-0.05, 0) is 85.6 Å². The standard InChI is InChI=1S/2C31H39N9O5/c2*1-3-4-6-25(39-29-24(21-33-39)28-34-27(26-7-5-16-45-26)36-40(28)31(32)35-29)30(41)38-14-12-37(13-15-38)22-8-10-23(11-9-22)44-20-19-43-18-17-42-2/h2*5,7-11,16,21,25H,3-4,6,12-15,17-20H2,1-2H3,(H2,32,35)/t2*25-/m10/s1. The van der Waals surface area contributed by atoms with Gasteiger partial charge in [-0.1, -0.05) is 39.5 Å². The number of nitrogens with two attached hydrogens (primary N) is 2. The Labute approximate surface area is 519 Å². The first kappa shape index (κ1) is 62.2. The van der Waals surface area contributed by atoms with E-state index in [0.717, 1.165) is 74.7 Å². The molecule has 0 spiro atoms. The van der Waals surface area contributed by atoms with Gasteiger partial charge in [-0.3, -0.25) is 9.59 Å². The number of benzene rings is 2. The molecule has 2 aromatic carbocycles. The largest absolute Gasteiger partial charge is 0.491 e. The van der Waals surface area contributed by atoms with Crippen molar-refractivity contribution in [2.24, 2.45) is 0 Å². The Bertz CT molecular complexity index is 3640. The molecule has 28 heteroatoms. The molecule has 90 heavy (non-hydrogen) atoms. The number of unbranched alkanes of at least 4 members (excludes halogenated alkanes) is 2. The molecule has 8 aromatic heterocycles. The van der Waals surface area contributed by atoms with Gasteiger partial charge >= 0.3 is 0 Å². The second-order valence-electron chi connectivity index (χ2n) is 21.7. The summed E-state index contributed by atoms with van der Waals surface area (Å²) in [5.74, 6) is 3.82. The maximum atomic E-state index is 14.0. The third kappa shape index (κ3) is 14.2. The fourth-order valence-electron chi connectivity index (χ4n) is 11.0. The minimum absolute atomic E-state index is 0.0301. The van der Waals surface area contributed by atoms with Crippen molar-refractivity contribution in [3.63, 3.8) is 0 Å². The highest BCUT2D eigenvalue weighted by Gasteiger charge is 2.34. The molecule has 2 fully saturated rings. The van der Waals surface area contributed by atoms with Crippen LogP contribution in [0.5, 0.6) is 11.5 Å². The second-order valence-corrected chi connectivity index (χ2v) is 21.7. The number of fused-ring (bicyclic) bond motifs is 6. The maximum absolute atomic E-state index is 14.0. The van der Waals surface area contributed by atoms with Crippen LogP contribution in [0.1, 0.15) is 64.5 Å². The van der Waals surface area contributed by atoms with Crippen molar-refractivity contribution in [3.8, 4) is 34.7 Å². The second kappa shape index (κ2) is 29.7. The van der Waals surface area contributed by atoms with Crippen LogP contribution in [0.3, 0.4) is 0 Å². The van der Waals surface area contributed by atoms with E-state index in [1.807, 2.05) is 34.1 Å².